The van der Waals surface area contributed by atoms with Gasteiger partial charge in [0.1, 0.15) is 0 Å². The third kappa shape index (κ3) is 19.5. The first-order valence-corrected chi connectivity index (χ1v) is 21.7. The standard InChI is InChI=1S/C16H27O4.3C4H9.Sn/c1-3-15(17)20-14-12-10-8-6-4-5-7-9-11-13-16(18)19-2;3*1-3-4-2;/h1,3H,4-14H2,2H3;3*1,3-4H2,2H3;. The van der Waals surface area contributed by atoms with Crippen molar-refractivity contribution < 1.29 is 19.1 Å². The van der Waals surface area contributed by atoms with Crippen molar-refractivity contribution in [3.05, 3.63) is 10.2 Å². The summed E-state index contributed by atoms with van der Waals surface area (Å²) in [6.45, 7) is 7.39. The Hall–Kier alpha value is -0.521. The third-order valence-corrected chi connectivity index (χ3v) is 20.7. The van der Waals surface area contributed by atoms with E-state index in [0.29, 0.717) is 13.0 Å². The maximum absolute atomic E-state index is 12.3. The summed E-state index contributed by atoms with van der Waals surface area (Å²) in [6, 6.07) is 0. The van der Waals surface area contributed by atoms with Gasteiger partial charge in [-0.15, -0.1) is 0 Å². The molecule has 0 N–H and O–H groups in total. The van der Waals surface area contributed by atoms with Crippen LogP contribution >= 0.6 is 0 Å². The van der Waals surface area contributed by atoms with Crippen molar-refractivity contribution >= 4 is 30.3 Å². The minimum absolute atomic E-state index is 0.0990. The first-order chi connectivity index (χ1) is 16.0. The molecule has 0 aromatic rings. The first-order valence-electron chi connectivity index (χ1n) is 14.0. The molecule has 0 saturated heterocycles. The van der Waals surface area contributed by atoms with Crippen LogP contribution in [0.5, 0.6) is 0 Å². The van der Waals surface area contributed by atoms with Crippen LogP contribution in [0.3, 0.4) is 0 Å². The van der Waals surface area contributed by atoms with Gasteiger partial charge in [0.2, 0.25) is 0 Å². The van der Waals surface area contributed by atoms with Crippen molar-refractivity contribution in [1.29, 1.82) is 0 Å². The van der Waals surface area contributed by atoms with E-state index in [1.165, 1.54) is 91.0 Å². The summed E-state index contributed by atoms with van der Waals surface area (Å²) in [6.07, 6.45) is 20.4. The molecule has 0 heterocycles. The molecular formula is C28H54O4Sn. The second-order valence-electron chi connectivity index (χ2n) is 9.68. The molecule has 5 heteroatoms. The normalized spacial score (nSPS) is 11.8. The van der Waals surface area contributed by atoms with E-state index in [9.17, 15) is 9.59 Å². The van der Waals surface area contributed by atoms with Crippen LogP contribution in [0.25, 0.3) is 0 Å². The number of esters is 2. The summed E-state index contributed by atoms with van der Waals surface area (Å²) < 4.78 is 16.8. The molecule has 0 rings (SSSR count). The summed E-state index contributed by atoms with van der Waals surface area (Å²) in [5.74, 6) is -0.217. The molecule has 0 unspecified atom stereocenters. The molecule has 0 fully saturated rings. The molecule has 0 radical (unpaired) electrons. The molecular weight excluding hydrogens is 519 g/mol. The van der Waals surface area contributed by atoms with E-state index >= 15 is 0 Å². The molecule has 0 atom stereocenters. The van der Waals surface area contributed by atoms with Gasteiger partial charge in [-0.3, -0.25) is 4.79 Å². The van der Waals surface area contributed by atoms with Crippen LogP contribution in [-0.4, -0.2) is 44.0 Å². The van der Waals surface area contributed by atoms with Gasteiger partial charge in [-0.05, 0) is 6.42 Å². The predicted octanol–water partition coefficient (Wildman–Crippen LogP) is 8.55. The van der Waals surface area contributed by atoms with Gasteiger partial charge in [-0.1, -0.05) is 6.42 Å². The Kier molecular flexibility index (Phi) is 22.9. The van der Waals surface area contributed by atoms with Gasteiger partial charge in [0.25, 0.3) is 0 Å². The summed E-state index contributed by atoms with van der Waals surface area (Å²) >= 11 is -2.38. The summed E-state index contributed by atoms with van der Waals surface area (Å²) in [4.78, 5) is 23.4. The quantitative estimate of drug-likeness (QED) is 0.0532. The van der Waals surface area contributed by atoms with Gasteiger partial charge in [-0.25, -0.2) is 0 Å². The van der Waals surface area contributed by atoms with E-state index < -0.39 is 18.4 Å². The van der Waals surface area contributed by atoms with Crippen LogP contribution < -0.4 is 0 Å². The number of methoxy groups -OCH3 is 1. The van der Waals surface area contributed by atoms with Gasteiger partial charge in [0, 0.05) is 6.42 Å². The summed E-state index contributed by atoms with van der Waals surface area (Å²) in [7, 11) is 1.45. The van der Waals surface area contributed by atoms with Crippen LogP contribution in [0.2, 0.25) is 13.3 Å². The molecule has 0 aliphatic carbocycles. The summed E-state index contributed by atoms with van der Waals surface area (Å²) in [5.41, 5.74) is 0. The molecule has 0 aliphatic heterocycles. The van der Waals surface area contributed by atoms with E-state index in [0.717, 1.165) is 25.7 Å². The zero-order valence-electron chi connectivity index (χ0n) is 22.4. The van der Waals surface area contributed by atoms with E-state index in [-0.39, 0.29) is 11.9 Å². The minimum atomic E-state index is -2.38. The van der Waals surface area contributed by atoms with Crippen LogP contribution in [-0.2, 0) is 19.1 Å². The van der Waals surface area contributed by atoms with E-state index in [1.54, 1.807) is 0 Å². The molecule has 0 aromatic heterocycles. The molecule has 0 spiro atoms. The van der Waals surface area contributed by atoms with Gasteiger partial charge in [0.15, 0.2) is 0 Å². The summed E-state index contributed by atoms with van der Waals surface area (Å²) in [5, 5.41) is 0. The van der Waals surface area contributed by atoms with Crippen LogP contribution in [0.4, 0.5) is 0 Å². The van der Waals surface area contributed by atoms with Crippen molar-refractivity contribution in [2.24, 2.45) is 0 Å². The van der Waals surface area contributed by atoms with Gasteiger partial charge < -0.3 is 4.74 Å². The molecule has 0 bridgehead atoms. The number of unbranched alkanes of at least 4 members (excludes halogenated alkanes) is 11. The Morgan fingerprint density at radius 2 is 1.12 bits per heavy atom. The Morgan fingerprint density at radius 3 is 1.58 bits per heavy atom. The number of hydrogen-bond donors (Lipinski definition) is 0. The molecule has 0 amide bonds. The average molecular weight is 573 g/mol. The Bertz CT molecular complexity index is 482. The second-order valence-corrected chi connectivity index (χ2v) is 22.7. The van der Waals surface area contributed by atoms with Crippen molar-refractivity contribution in [2.45, 2.75) is 137 Å². The molecule has 0 saturated carbocycles. The van der Waals surface area contributed by atoms with Gasteiger partial charge >= 0.3 is 174 Å². The van der Waals surface area contributed by atoms with Crippen molar-refractivity contribution in [3.63, 3.8) is 0 Å². The SMILES string of the molecule is CCC[CH2][Sn](/[CH]=C/C(=O)OCCCCCCCCCCCC(=O)OC)([CH2]CCC)[CH2]CCC. The topological polar surface area (TPSA) is 52.6 Å². The molecule has 4 nitrogen and oxygen atoms in total. The Labute approximate surface area is 209 Å². The fourth-order valence-corrected chi connectivity index (χ4v) is 18.4. The van der Waals surface area contributed by atoms with Crippen LogP contribution in [0.1, 0.15) is 124 Å². The Balaban J connectivity index is 4.03. The Morgan fingerprint density at radius 1 is 0.667 bits per heavy atom. The number of carbonyl (C=O) groups excluding carboxylic acids is 2. The maximum atomic E-state index is 12.3. The van der Waals surface area contributed by atoms with Gasteiger partial charge in [-0.2, -0.15) is 0 Å². The van der Waals surface area contributed by atoms with Crippen molar-refractivity contribution in [3.8, 4) is 0 Å². The third-order valence-electron chi connectivity index (χ3n) is 6.65. The van der Waals surface area contributed by atoms with E-state index in [1.807, 2.05) is 6.08 Å². The number of carbonyl (C=O) groups is 2. The van der Waals surface area contributed by atoms with Crippen molar-refractivity contribution in [1.82, 2.24) is 0 Å². The molecule has 33 heavy (non-hydrogen) atoms. The molecule has 194 valence electrons. The van der Waals surface area contributed by atoms with Crippen molar-refractivity contribution in [2.75, 3.05) is 13.7 Å². The second kappa shape index (κ2) is 23.2. The van der Waals surface area contributed by atoms with E-state index in [2.05, 4.69) is 29.6 Å². The molecule has 0 aromatic carbocycles. The number of ether oxygens (including phenoxy) is 2. The van der Waals surface area contributed by atoms with Crippen LogP contribution in [0.15, 0.2) is 10.2 Å². The average Bonchev–Trinajstić information content (AvgIpc) is 2.83. The zero-order chi connectivity index (χ0) is 24.6. The first kappa shape index (κ1) is 32.5. The fraction of sp³-hybridized carbons (Fsp3) is 0.857. The number of rotatable bonds is 23. The van der Waals surface area contributed by atoms with Crippen LogP contribution in [0, 0.1) is 0 Å². The van der Waals surface area contributed by atoms with E-state index in [4.69, 9.17) is 4.74 Å². The fourth-order valence-electron chi connectivity index (χ4n) is 4.39. The monoisotopic (exact) mass is 574 g/mol. The number of hydrogen-bond acceptors (Lipinski definition) is 4. The molecule has 0 aliphatic rings. The predicted molar refractivity (Wildman–Crippen MR) is 143 cm³/mol. The van der Waals surface area contributed by atoms with Gasteiger partial charge in [0.05, 0.1) is 7.11 Å². The zero-order valence-corrected chi connectivity index (χ0v) is 25.3.